The molecule has 5 aromatic carbocycles. The van der Waals surface area contributed by atoms with E-state index in [1.807, 2.05) is 48.5 Å². The predicted molar refractivity (Wildman–Crippen MR) is 155 cm³/mol. The van der Waals surface area contributed by atoms with Gasteiger partial charge < -0.3 is 0 Å². The van der Waals surface area contributed by atoms with Gasteiger partial charge in [0.15, 0.2) is 17.5 Å². The van der Waals surface area contributed by atoms with E-state index in [4.69, 9.17) is 15.0 Å². The fourth-order valence-electron chi connectivity index (χ4n) is 4.27. The predicted octanol–water partition coefficient (Wildman–Crippen LogP) is 8.97. The Kier molecular flexibility index (Phi) is 6.40. The van der Waals surface area contributed by atoms with Crippen LogP contribution >= 0.6 is 15.9 Å². The Morgan fingerprint density at radius 2 is 0.703 bits per heavy atom. The van der Waals surface area contributed by atoms with Gasteiger partial charge in [-0.1, -0.05) is 131 Å². The Bertz CT molecular complexity index is 1650. The lowest BCUT2D eigenvalue weighted by molar-refractivity contribution is 1.07. The lowest BCUT2D eigenvalue weighted by atomic mass is 10.0. The van der Waals surface area contributed by atoms with Crippen molar-refractivity contribution in [1.82, 2.24) is 15.0 Å². The Labute approximate surface area is 224 Å². The third-order valence-electron chi connectivity index (χ3n) is 6.22. The lowest BCUT2D eigenvalue weighted by Crippen LogP contribution is -2.00. The molecule has 0 amide bonds. The van der Waals surface area contributed by atoms with Crippen molar-refractivity contribution in [2.24, 2.45) is 0 Å². The van der Waals surface area contributed by atoms with Crippen LogP contribution in [0.4, 0.5) is 0 Å². The largest absolute Gasteiger partial charge is 0.208 e. The summed E-state index contributed by atoms with van der Waals surface area (Å²) in [5, 5.41) is 0. The van der Waals surface area contributed by atoms with Crippen LogP contribution < -0.4 is 0 Å². The molecule has 0 spiro atoms. The van der Waals surface area contributed by atoms with E-state index in [0.29, 0.717) is 17.5 Å². The number of halogens is 1. The highest BCUT2D eigenvalue weighted by Crippen LogP contribution is 2.29. The van der Waals surface area contributed by atoms with E-state index >= 15 is 0 Å². The van der Waals surface area contributed by atoms with Crippen LogP contribution in [0.2, 0.25) is 0 Å². The van der Waals surface area contributed by atoms with E-state index in [1.54, 1.807) is 0 Å². The maximum absolute atomic E-state index is 4.92. The molecule has 1 aromatic heterocycles. The van der Waals surface area contributed by atoms with Gasteiger partial charge in [-0.2, -0.15) is 0 Å². The molecule has 0 N–H and O–H groups in total. The highest BCUT2D eigenvalue weighted by atomic mass is 79.9. The van der Waals surface area contributed by atoms with Crippen molar-refractivity contribution in [1.29, 1.82) is 0 Å². The number of rotatable bonds is 5. The molecule has 0 saturated carbocycles. The summed E-state index contributed by atoms with van der Waals surface area (Å²) in [4.78, 5) is 14.7. The van der Waals surface area contributed by atoms with Crippen molar-refractivity contribution in [3.8, 4) is 56.4 Å². The van der Waals surface area contributed by atoms with Gasteiger partial charge in [0.2, 0.25) is 0 Å². The molecular formula is C33H22BrN3. The van der Waals surface area contributed by atoms with Gasteiger partial charge in [-0.25, -0.2) is 15.0 Å². The van der Waals surface area contributed by atoms with Crippen LogP contribution in [0.15, 0.2) is 138 Å². The molecule has 0 unspecified atom stereocenters. The minimum absolute atomic E-state index is 0.643. The normalized spacial score (nSPS) is 10.8. The Morgan fingerprint density at radius 3 is 1.27 bits per heavy atom. The molecule has 4 heteroatoms. The Hall–Kier alpha value is -4.41. The fourth-order valence-corrected chi connectivity index (χ4v) is 4.54. The van der Waals surface area contributed by atoms with E-state index in [1.165, 1.54) is 5.56 Å². The maximum Gasteiger partial charge on any atom is 0.164 e. The molecule has 176 valence electrons. The fraction of sp³-hybridized carbons (Fsp3) is 0. The summed E-state index contributed by atoms with van der Waals surface area (Å²) in [6.07, 6.45) is 0. The van der Waals surface area contributed by atoms with Crippen LogP contribution in [-0.2, 0) is 0 Å². The molecule has 6 rings (SSSR count). The van der Waals surface area contributed by atoms with Crippen LogP contribution in [0, 0.1) is 0 Å². The monoisotopic (exact) mass is 539 g/mol. The topological polar surface area (TPSA) is 38.7 Å². The molecule has 0 bridgehead atoms. The quantitative estimate of drug-likeness (QED) is 0.219. The van der Waals surface area contributed by atoms with Gasteiger partial charge in [0, 0.05) is 21.2 Å². The van der Waals surface area contributed by atoms with Gasteiger partial charge in [0.1, 0.15) is 0 Å². The van der Waals surface area contributed by atoms with Crippen molar-refractivity contribution in [3.63, 3.8) is 0 Å². The molecule has 0 aliphatic heterocycles. The van der Waals surface area contributed by atoms with Crippen LogP contribution in [-0.4, -0.2) is 15.0 Å². The second kappa shape index (κ2) is 10.3. The van der Waals surface area contributed by atoms with Crippen molar-refractivity contribution >= 4 is 15.9 Å². The maximum atomic E-state index is 4.92. The summed E-state index contributed by atoms with van der Waals surface area (Å²) in [7, 11) is 0. The number of benzene rings is 5. The minimum Gasteiger partial charge on any atom is -0.208 e. The van der Waals surface area contributed by atoms with Crippen molar-refractivity contribution in [2.45, 2.75) is 0 Å². The summed E-state index contributed by atoms with van der Waals surface area (Å²) in [6.45, 7) is 0. The number of aromatic nitrogens is 3. The molecule has 0 saturated heterocycles. The first-order chi connectivity index (χ1) is 18.2. The van der Waals surface area contributed by atoms with Crippen LogP contribution in [0.1, 0.15) is 0 Å². The average Bonchev–Trinajstić information content (AvgIpc) is 2.98. The second-order valence-corrected chi connectivity index (χ2v) is 9.62. The summed E-state index contributed by atoms with van der Waals surface area (Å²) in [6, 6.07) is 45.5. The molecule has 0 aliphatic rings. The molecule has 6 aromatic rings. The smallest absolute Gasteiger partial charge is 0.164 e. The summed E-state index contributed by atoms with van der Waals surface area (Å²) in [5.41, 5.74) is 7.44. The molecule has 37 heavy (non-hydrogen) atoms. The first kappa shape index (κ1) is 23.0. The van der Waals surface area contributed by atoms with Crippen LogP contribution in [0.5, 0.6) is 0 Å². The van der Waals surface area contributed by atoms with Gasteiger partial charge in [0.05, 0.1) is 0 Å². The van der Waals surface area contributed by atoms with Gasteiger partial charge in [-0.3, -0.25) is 0 Å². The molecule has 0 fully saturated rings. The van der Waals surface area contributed by atoms with Crippen molar-refractivity contribution < 1.29 is 0 Å². The number of hydrogen-bond acceptors (Lipinski definition) is 3. The zero-order valence-corrected chi connectivity index (χ0v) is 21.5. The van der Waals surface area contributed by atoms with Crippen molar-refractivity contribution in [2.75, 3.05) is 0 Å². The third kappa shape index (κ3) is 5.11. The van der Waals surface area contributed by atoms with E-state index in [-0.39, 0.29) is 0 Å². The van der Waals surface area contributed by atoms with Gasteiger partial charge >= 0.3 is 0 Å². The van der Waals surface area contributed by atoms with E-state index in [0.717, 1.165) is 37.9 Å². The third-order valence-corrected chi connectivity index (χ3v) is 6.74. The summed E-state index contributed by atoms with van der Waals surface area (Å²) >= 11 is 3.52. The van der Waals surface area contributed by atoms with E-state index < -0.39 is 0 Å². The van der Waals surface area contributed by atoms with Gasteiger partial charge in [0.25, 0.3) is 0 Å². The number of nitrogens with zero attached hydrogens (tertiary/aromatic N) is 3. The average molecular weight is 540 g/mol. The molecule has 0 atom stereocenters. The van der Waals surface area contributed by atoms with Crippen LogP contribution in [0.25, 0.3) is 56.4 Å². The Morgan fingerprint density at radius 1 is 0.324 bits per heavy atom. The minimum atomic E-state index is 0.643. The summed E-state index contributed by atoms with van der Waals surface area (Å²) < 4.78 is 1.01. The van der Waals surface area contributed by atoms with Crippen molar-refractivity contribution in [3.05, 3.63) is 138 Å². The molecule has 0 radical (unpaired) electrons. The first-order valence-electron chi connectivity index (χ1n) is 12.1. The standard InChI is InChI=1S/C33H22BrN3/c34-30-20-18-27(19-21-30)32-35-31(26-16-14-25(15-17-26)23-8-3-1-4-9-23)36-33(37-32)29-13-7-12-28(22-29)24-10-5-2-6-11-24/h1-22H. The molecule has 0 aliphatic carbocycles. The first-order valence-corrected chi connectivity index (χ1v) is 12.9. The second-order valence-electron chi connectivity index (χ2n) is 8.70. The highest BCUT2D eigenvalue weighted by Gasteiger charge is 2.13. The Balaban J connectivity index is 1.46. The van der Waals surface area contributed by atoms with Crippen LogP contribution in [0.3, 0.4) is 0 Å². The zero-order chi connectivity index (χ0) is 25.0. The van der Waals surface area contributed by atoms with E-state index in [2.05, 4.69) is 101 Å². The lowest BCUT2D eigenvalue weighted by Gasteiger charge is -2.10. The SMILES string of the molecule is Brc1ccc(-c2nc(-c3ccc(-c4ccccc4)cc3)nc(-c3cccc(-c4ccccc4)c3)n2)cc1. The zero-order valence-electron chi connectivity index (χ0n) is 19.9. The number of hydrogen-bond donors (Lipinski definition) is 0. The van der Waals surface area contributed by atoms with Gasteiger partial charge in [-0.05, 0) is 40.5 Å². The molecular weight excluding hydrogens is 518 g/mol. The van der Waals surface area contributed by atoms with E-state index in [9.17, 15) is 0 Å². The molecule has 3 nitrogen and oxygen atoms in total. The molecule has 1 heterocycles. The highest BCUT2D eigenvalue weighted by molar-refractivity contribution is 9.10. The summed E-state index contributed by atoms with van der Waals surface area (Å²) in [5.74, 6) is 1.94. The van der Waals surface area contributed by atoms with Gasteiger partial charge in [-0.15, -0.1) is 0 Å².